The van der Waals surface area contributed by atoms with E-state index in [0.29, 0.717) is 24.4 Å². The summed E-state index contributed by atoms with van der Waals surface area (Å²) in [6, 6.07) is 2.03. The Balaban J connectivity index is 0.000000706. The van der Waals surface area contributed by atoms with Gasteiger partial charge < -0.3 is 15.2 Å². The first kappa shape index (κ1) is 21.0. The lowest BCUT2D eigenvalue weighted by molar-refractivity contribution is -0.123. The molecule has 0 aliphatic carbocycles. The first-order valence-corrected chi connectivity index (χ1v) is 10.8. The summed E-state index contributed by atoms with van der Waals surface area (Å²) >= 11 is 1.64. The Hall–Kier alpha value is -1.70. The molecule has 0 radical (unpaired) electrons. The number of hydrogen-bond acceptors (Lipinski definition) is 5. The summed E-state index contributed by atoms with van der Waals surface area (Å²) in [5.41, 5.74) is 2.54. The van der Waals surface area contributed by atoms with Crippen molar-refractivity contribution in [3.05, 3.63) is 34.0 Å². The number of allylic oxidation sites excluding steroid dienone is 1. The van der Waals surface area contributed by atoms with E-state index in [2.05, 4.69) is 30.1 Å². The summed E-state index contributed by atoms with van der Waals surface area (Å²) in [5, 5.41) is 14.1. The number of carboxylic acid groups (broad SMARTS) is 1. The fourth-order valence-electron chi connectivity index (χ4n) is 4.88. The highest BCUT2D eigenvalue weighted by molar-refractivity contribution is 7.08. The maximum absolute atomic E-state index is 12.2. The second-order valence-electron chi connectivity index (χ2n) is 8.22. The maximum atomic E-state index is 12.2. The standard InChI is InChI=1S/C20H28N2O2S.CH2O2/c1-14(2)4-7-22-11-17-16(18-3-6-20(17,13-22)24-18)10-21-19(23)9-15-5-8-25-12-15;2-1-3/h4-5,8,12,16-18H,3,6-7,9-11,13H2,1-2H3,(H,21,23);1H,(H,2,3)/t16-,17+,18+,20+;/m0./s1. The Morgan fingerprint density at radius 2 is 2.29 bits per heavy atom. The molecule has 1 amide bonds. The van der Waals surface area contributed by atoms with Crippen LogP contribution in [0.4, 0.5) is 0 Å². The van der Waals surface area contributed by atoms with Gasteiger partial charge >= 0.3 is 0 Å². The van der Waals surface area contributed by atoms with Gasteiger partial charge in [-0.3, -0.25) is 14.5 Å². The average Bonchev–Trinajstić information content (AvgIpc) is 3.40. The van der Waals surface area contributed by atoms with Gasteiger partial charge in [0.15, 0.2) is 0 Å². The van der Waals surface area contributed by atoms with Crippen molar-refractivity contribution in [3.63, 3.8) is 0 Å². The van der Waals surface area contributed by atoms with Gasteiger partial charge in [-0.15, -0.1) is 0 Å². The minimum atomic E-state index is -0.250. The van der Waals surface area contributed by atoms with E-state index in [1.54, 1.807) is 11.3 Å². The third-order valence-corrected chi connectivity index (χ3v) is 6.82. The van der Waals surface area contributed by atoms with Crippen molar-refractivity contribution in [3.8, 4) is 0 Å². The summed E-state index contributed by atoms with van der Waals surface area (Å²) < 4.78 is 6.46. The van der Waals surface area contributed by atoms with Gasteiger partial charge in [-0.25, -0.2) is 0 Å². The average molecular weight is 407 g/mol. The number of fused-ring (bicyclic) bond motifs is 1. The van der Waals surface area contributed by atoms with Gasteiger partial charge in [-0.2, -0.15) is 11.3 Å². The van der Waals surface area contributed by atoms with Crippen LogP contribution in [-0.4, -0.2) is 60.3 Å². The van der Waals surface area contributed by atoms with Crippen molar-refractivity contribution >= 4 is 23.7 Å². The molecule has 28 heavy (non-hydrogen) atoms. The number of carbonyl (C=O) groups excluding carboxylic acids is 1. The maximum Gasteiger partial charge on any atom is 0.290 e. The van der Waals surface area contributed by atoms with E-state index >= 15 is 0 Å². The van der Waals surface area contributed by atoms with Crippen molar-refractivity contribution in [1.29, 1.82) is 0 Å². The van der Waals surface area contributed by atoms with Crippen LogP contribution >= 0.6 is 11.3 Å². The predicted molar refractivity (Wildman–Crippen MR) is 109 cm³/mol. The van der Waals surface area contributed by atoms with Crippen molar-refractivity contribution in [1.82, 2.24) is 10.2 Å². The van der Waals surface area contributed by atoms with E-state index in [-0.39, 0.29) is 18.0 Å². The molecule has 0 aromatic carbocycles. The topological polar surface area (TPSA) is 78.9 Å². The third-order valence-electron chi connectivity index (χ3n) is 6.09. The smallest absolute Gasteiger partial charge is 0.290 e. The lowest BCUT2D eigenvalue weighted by Gasteiger charge is -2.29. The lowest BCUT2D eigenvalue weighted by Crippen LogP contribution is -2.42. The molecule has 6 nitrogen and oxygen atoms in total. The monoisotopic (exact) mass is 406 g/mol. The van der Waals surface area contributed by atoms with Gasteiger partial charge in [-0.05, 0) is 49.1 Å². The van der Waals surface area contributed by atoms with Gasteiger partial charge in [0.25, 0.3) is 6.47 Å². The number of thiophene rings is 1. The molecule has 154 valence electrons. The number of ether oxygens (including phenoxy) is 1. The highest BCUT2D eigenvalue weighted by atomic mass is 32.1. The molecular weight excluding hydrogens is 376 g/mol. The minimum Gasteiger partial charge on any atom is -0.483 e. The molecule has 4 atom stereocenters. The molecule has 3 aliphatic heterocycles. The summed E-state index contributed by atoms with van der Waals surface area (Å²) in [5.74, 6) is 1.17. The summed E-state index contributed by atoms with van der Waals surface area (Å²) in [7, 11) is 0. The van der Waals surface area contributed by atoms with Crippen LogP contribution in [0.25, 0.3) is 0 Å². The molecule has 0 saturated carbocycles. The Kier molecular flexibility index (Phi) is 6.91. The van der Waals surface area contributed by atoms with Crippen molar-refractivity contribution in [2.75, 3.05) is 26.2 Å². The van der Waals surface area contributed by atoms with Crippen LogP contribution in [0, 0.1) is 11.8 Å². The third kappa shape index (κ3) is 4.64. The fraction of sp³-hybridized carbons (Fsp3) is 0.619. The molecule has 2 bridgehead atoms. The van der Waals surface area contributed by atoms with E-state index in [1.807, 2.05) is 16.8 Å². The van der Waals surface area contributed by atoms with E-state index in [1.165, 1.54) is 12.0 Å². The molecule has 7 heteroatoms. The van der Waals surface area contributed by atoms with Crippen LogP contribution in [0.15, 0.2) is 28.5 Å². The highest BCUT2D eigenvalue weighted by Gasteiger charge is 2.62. The fourth-order valence-corrected chi connectivity index (χ4v) is 5.55. The number of hydrogen-bond donors (Lipinski definition) is 2. The lowest BCUT2D eigenvalue weighted by atomic mass is 9.73. The zero-order valence-electron chi connectivity index (χ0n) is 16.6. The number of nitrogens with zero attached hydrogens (tertiary/aromatic N) is 1. The van der Waals surface area contributed by atoms with Crippen molar-refractivity contribution in [2.24, 2.45) is 11.8 Å². The summed E-state index contributed by atoms with van der Waals surface area (Å²) in [4.78, 5) is 23.1. The van der Waals surface area contributed by atoms with Crippen LogP contribution in [-0.2, 0) is 20.7 Å². The van der Waals surface area contributed by atoms with Gasteiger partial charge in [0.1, 0.15) is 0 Å². The van der Waals surface area contributed by atoms with Crippen LogP contribution in [0.2, 0.25) is 0 Å². The summed E-state index contributed by atoms with van der Waals surface area (Å²) in [6.45, 7) is 8.00. The van der Waals surface area contributed by atoms with Crippen LogP contribution < -0.4 is 5.32 Å². The number of likely N-dealkylation sites (tertiary alicyclic amines) is 1. The van der Waals surface area contributed by atoms with Crippen LogP contribution in [0.1, 0.15) is 32.3 Å². The molecule has 3 saturated heterocycles. The Labute approximate surface area is 170 Å². The Morgan fingerprint density at radius 1 is 1.50 bits per heavy atom. The van der Waals surface area contributed by atoms with Crippen LogP contribution in [0.5, 0.6) is 0 Å². The summed E-state index contributed by atoms with van der Waals surface area (Å²) in [6.07, 6.45) is 5.48. The molecule has 4 heterocycles. The predicted octanol–water partition coefficient (Wildman–Crippen LogP) is 2.55. The molecule has 1 aromatic rings. The van der Waals surface area contributed by atoms with Crippen LogP contribution in [0.3, 0.4) is 0 Å². The Bertz CT molecular complexity index is 701. The second-order valence-corrected chi connectivity index (χ2v) is 9.00. The number of carbonyl (C=O) groups is 2. The largest absolute Gasteiger partial charge is 0.483 e. The van der Waals surface area contributed by atoms with Crippen molar-refractivity contribution in [2.45, 2.75) is 44.8 Å². The van der Waals surface area contributed by atoms with E-state index in [9.17, 15) is 4.79 Å². The van der Waals surface area contributed by atoms with E-state index < -0.39 is 0 Å². The molecule has 1 spiro atoms. The second kappa shape index (κ2) is 9.20. The van der Waals surface area contributed by atoms with Gasteiger partial charge in [0, 0.05) is 38.0 Å². The van der Waals surface area contributed by atoms with Gasteiger partial charge in [-0.1, -0.05) is 11.6 Å². The Morgan fingerprint density at radius 3 is 2.96 bits per heavy atom. The van der Waals surface area contributed by atoms with E-state index in [4.69, 9.17) is 14.6 Å². The van der Waals surface area contributed by atoms with Crippen molar-refractivity contribution < 1.29 is 19.4 Å². The SMILES string of the molecule is CC(C)=CCN1C[C@@H]2[C@H](CNC(=O)Cc3ccsc3)[C@H]3CC[C@]2(C1)O3.O=CO. The van der Waals surface area contributed by atoms with Gasteiger partial charge in [0.2, 0.25) is 5.91 Å². The molecular formula is C21H30N2O4S. The molecule has 3 aliphatic rings. The molecule has 3 fully saturated rings. The van der Waals surface area contributed by atoms with Gasteiger partial charge in [0.05, 0.1) is 18.1 Å². The first-order valence-electron chi connectivity index (χ1n) is 9.86. The molecule has 2 N–H and O–H groups in total. The zero-order valence-corrected chi connectivity index (χ0v) is 17.4. The molecule has 1 aromatic heterocycles. The zero-order chi connectivity index (χ0) is 20.1. The normalized spacial score (nSPS) is 30.3. The number of nitrogens with one attached hydrogen (secondary N) is 1. The number of amides is 1. The highest BCUT2D eigenvalue weighted by Crippen LogP contribution is 2.54. The quantitative estimate of drug-likeness (QED) is 0.561. The minimum absolute atomic E-state index is 0.0584. The molecule has 4 rings (SSSR count). The number of rotatable bonds is 6. The first-order chi connectivity index (χ1) is 13.5. The van der Waals surface area contributed by atoms with E-state index in [0.717, 1.165) is 38.2 Å². The molecule has 0 unspecified atom stereocenters.